The quantitative estimate of drug-likeness (QED) is 0.665. The molecular weight excluding hydrogens is 366 g/mol. The molecular formula is C23H27N3O3. The fourth-order valence-electron chi connectivity index (χ4n) is 3.36. The van der Waals surface area contributed by atoms with Crippen molar-refractivity contribution in [2.45, 2.75) is 52.6 Å². The van der Waals surface area contributed by atoms with Gasteiger partial charge in [-0.2, -0.15) is 0 Å². The summed E-state index contributed by atoms with van der Waals surface area (Å²) in [5.74, 6) is 0.0411. The van der Waals surface area contributed by atoms with Crippen molar-refractivity contribution in [1.29, 1.82) is 0 Å². The Morgan fingerprint density at radius 2 is 1.79 bits per heavy atom. The van der Waals surface area contributed by atoms with E-state index in [1.807, 2.05) is 31.2 Å². The van der Waals surface area contributed by atoms with Crippen molar-refractivity contribution >= 4 is 22.5 Å². The lowest BCUT2D eigenvalue weighted by molar-refractivity contribution is -0.116. The Morgan fingerprint density at radius 1 is 1.03 bits per heavy atom. The summed E-state index contributed by atoms with van der Waals surface area (Å²) in [7, 11) is 0. The van der Waals surface area contributed by atoms with E-state index in [1.165, 1.54) is 9.13 Å². The molecule has 2 aromatic carbocycles. The van der Waals surface area contributed by atoms with Crippen LogP contribution in [0.5, 0.6) is 0 Å². The van der Waals surface area contributed by atoms with E-state index >= 15 is 0 Å². The Labute approximate surface area is 169 Å². The van der Waals surface area contributed by atoms with Crippen LogP contribution in [0.3, 0.4) is 0 Å². The van der Waals surface area contributed by atoms with Gasteiger partial charge in [0.1, 0.15) is 6.54 Å². The van der Waals surface area contributed by atoms with E-state index in [-0.39, 0.29) is 18.0 Å². The van der Waals surface area contributed by atoms with E-state index in [0.717, 1.165) is 18.4 Å². The van der Waals surface area contributed by atoms with Crippen LogP contribution in [0.1, 0.15) is 45.1 Å². The van der Waals surface area contributed by atoms with Gasteiger partial charge in [0.2, 0.25) is 5.91 Å². The second kappa shape index (κ2) is 8.90. The molecule has 0 unspecified atom stereocenters. The number of anilines is 1. The highest BCUT2D eigenvalue weighted by molar-refractivity contribution is 5.91. The van der Waals surface area contributed by atoms with Crippen molar-refractivity contribution in [3.05, 3.63) is 74.9 Å². The molecule has 0 atom stereocenters. The molecule has 29 heavy (non-hydrogen) atoms. The molecule has 0 spiro atoms. The Morgan fingerprint density at radius 3 is 2.52 bits per heavy atom. The molecule has 3 rings (SSSR count). The van der Waals surface area contributed by atoms with Crippen molar-refractivity contribution in [3.8, 4) is 0 Å². The van der Waals surface area contributed by atoms with Gasteiger partial charge in [0, 0.05) is 12.2 Å². The lowest BCUT2D eigenvalue weighted by Gasteiger charge is -2.14. The summed E-state index contributed by atoms with van der Waals surface area (Å²) in [6, 6.07) is 14.6. The zero-order valence-corrected chi connectivity index (χ0v) is 17.1. The van der Waals surface area contributed by atoms with Crippen molar-refractivity contribution in [1.82, 2.24) is 9.13 Å². The summed E-state index contributed by atoms with van der Waals surface area (Å²) in [6.07, 6.45) is 1.59. The van der Waals surface area contributed by atoms with Crippen molar-refractivity contribution in [2.24, 2.45) is 0 Å². The van der Waals surface area contributed by atoms with Gasteiger partial charge in [-0.05, 0) is 42.2 Å². The van der Waals surface area contributed by atoms with Gasteiger partial charge in [0.15, 0.2) is 0 Å². The van der Waals surface area contributed by atoms with Crippen LogP contribution in [-0.4, -0.2) is 15.0 Å². The summed E-state index contributed by atoms with van der Waals surface area (Å²) in [6.45, 7) is 6.37. The van der Waals surface area contributed by atoms with E-state index < -0.39 is 5.69 Å². The first kappa shape index (κ1) is 20.6. The molecule has 0 bridgehead atoms. The average molecular weight is 393 g/mol. The number of hydrogen-bond acceptors (Lipinski definition) is 3. The first-order valence-corrected chi connectivity index (χ1v) is 10.0. The van der Waals surface area contributed by atoms with Gasteiger partial charge in [-0.1, -0.05) is 51.5 Å². The predicted molar refractivity (Wildman–Crippen MR) is 117 cm³/mol. The number of benzene rings is 2. The SMILES string of the molecule is CCCCn1c(=O)c2ccccc2n(CC(=O)Nc2cccc(C(C)C)c2)c1=O. The third-order valence-electron chi connectivity index (χ3n) is 5.01. The molecule has 6 heteroatoms. The summed E-state index contributed by atoms with van der Waals surface area (Å²) in [4.78, 5) is 38.4. The molecule has 0 saturated carbocycles. The highest BCUT2D eigenvalue weighted by atomic mass is 16.2. The van der Waals surface area contributed by atoms with Crippen LogP contribution in [0.15, 0.2) is 58.1 Å². The van der Waals surface area contributed by atoms with Gasteiger partial charge in [-0.3, -0.25) is 18.7 Å². The van der Waals surface area contributed by atoms with Gasteiger partial charge in [-0.25, -0.2) is 4.79 Å². The normalized spacial score (nSPS) is 11.2. The van der Waals surface area contributed by atoms with Gasteiger partial charge in [0.05, 0.1) is 10.9 Å². The molecule has 0 aliphatic heterocycles. The minimum absolute atomic E-state index is 0.155. The Balaban J connectivity index is 1.97. The van der Waals surface area contributed by atoms with Crippen molar-refractivity contribution in [3.63, 3.8) is 0 Å². The number of amides is 1. The molecule has 1 amide bonds. The van der Waals surface area contributed by atoms with Gasteiger partial charge >= 0.3 is 5.69 Å². The van der Waals surface area contributed by atoms with Gasteiger partial charge in [-0.15, -0.1) is 0 Å². The van der Waals surface area contributed by atoms with Crippen LogP contribution in [-0.2, 0) is 17.9 Å². The Hall–Kier alpha value is -3.15. The highest BCUT2D eigenvalue weighted by Gasteiger charge is 2.15. The minimum Gasteiger partial charge on any atom is -0.325 e. The smallest absolute Gasteiger partial charge is 0.325 e. The largest absolute Gasteiger partial charge is 0.331 e. The summed E-state index contributed by atoms with van der Waals surface area (Å²) in [5.41, 5.74) is 1.53. The van der Waals surface area contributed by atoms with E-state index in [9.17, 15) is 14.4 Å². The summed E-state index contributed by atoms with van der Waals surface area (Å²) >= 11 is 0. The maximum atomic E-state index is 13.0. The molecule has 1 heterocycles. The molecule has 1 N–H and O–H groups in total. The second-order valence-corrected chi connectivity index (χ2v) is 7.52. The Bertz CT molecular complexity index is 1140. The fourth-order valence-corrected chi connectivity index (χ4v) is 3.36. The molecule has 0 aliphatic rings. The fraction of sp³-hybridized carbons (Fsp3) is 0.348. The Kier molecular flexibility index (Phi) is 6.32. The number of hydrogen-bond donors (Lipinski definition) is 1. The molecule has 1 aromatic heterocycles. The third kappa shape index (κ3) is 4.47. The number of carbonyl (C=O) groups excluding carboxylic acids is 1. The molecule has 0 aliphatic carbocycles. The highest BCUT2D eigenvalue weighted by Crippen LogP contribution is 2.18. The lowest BCUT2D eigenvalue weighted by atomic mass is 10.0. The predicted octanol–water partition coefficient (Wildman–Crippen LogP) is 3.73. The number of carbonyl (C=O) groups is 1. The molecule has 6 nitrogen and oxygen atoms in total. The molecule has 0 radical (unpaired) electrons. The first-order valence-electron chi connectivity index (χ1n) is 10.0. The zero-order chi connectivity index (χ0) is 21.0. The summed E-state index contributed by atoms with van der Waals surface area (Å²) in [5, 5.41) is 3.31. The number of nitrogens with one attached hydrogen (secondary N) is 1. The number of nitrogens with zero attached hydrogens (tertiary/aromatic N) is 2. The maximum Gasteiger partial charge on any atom is 0.331 e. The second-order valence-electron chi connectivity index (χ2n) is 7.52. The summed E-state index contributed by atoms with van der Waals surface area (Å²) < 4.78 is 2.62. The van der Waals surface area contributed by atoms with Crippen LogP contribution in [0.2, 0.25) is 0 Å². The average Bonchev–Trinajstić information content (AvgIpc) is 2.71. The monoisotopic (exact) mass is 393 g/mol. The number of aromatic nitrogens is 2. The topological polar surface area (TPSA) is 73.1 Å². The van der Waals surface area contributed by atoms with E-state index in [0.29, 0.717) is 29.1 Å². The lowest BCUT2D eigenvalue weighted by Crippen LogP contribution is -2.41. The van der Waals surface area contributed by atoms with Crippen molar-refractivity contribution < 1.29 is 4.79 Å². The minimum atomic E-state index is -0.451. The van der Waals surface area contributed by atoms with Crippen molar-refractivity contribution in [2.75, 3.05) is 5.32 Å². The molecule has 0 fully saturated rings. The maximum absolute atomic E-state index is 13.0. The number of fused-ring (bicyclic) bond motifs is 1. The third-order valence-corrected chi connectivity index (χ3v) is 5.01. The van der Waals surface area contributed by atoms with Gasteiger partial charge < -0.3 is 5.32 Å². The van der Waals surface area contributed by atoms with Gasteiger partial charge in [0.25, 0.3) is 5.56 Å². The van der Waals surface area contributed by atoms with Crippen LogP contribution in [0.25, 0.3) is 10.9 Å². The molecule has 152 valence electrons. The number of para-hydroxylation sites is 1. The van der Waals surface area contributed by atoms with Crippen LogP contribution in [0.4, 0.5) is 5.69 Å². The van der Waals surface area contributed by atoms with Crippen LogP contribution in [0, 0.1) is 0 Å². The molecule has 0 saturated heterocycles. The number of rotatable bonds is 7. The number of unbranched alkanes of at least 4 members (excludes halogenated alkanes) is 1. The van der Waals surface area contributed by atoms with Crippen LogP contribution < -0.4 is 16.6 Å². The van der Waals surface area contributed by atoms with Crippen LogP contribution >= 0.6 is 0 Å². The first-order chi connectivity index (χ1) is 13.9. The van der Waals surface area contributed by atoms with E-state index in [1.54, 1.807) is 24.3 Å². The standard InChI is InChI=1S/C23H27N3O3/c1-4-5-13-25-22(28)19-11-6-7-12-20(19)26(23(25)29)15-21(27)24-18-10-8-9-17(14-18)16(2)3/h6-12,14,16H,4-5,13,15H2,1-3H3,(H,24,27). The van der Waals surface area contributed by atoms with E-state index in [2.05, 4.69) is 19.2 Å². The molecule has 3 aromatic rings. The van der Waals surface area contributed by atoms with E-state index in [4.69, 9.17) is 0 Å². The zero-order valence-electron chi connectivity index (χ0n) is 17.1.